The lowest BCUT2D eigenvalue weighted by molar-refractivity contribution is -0.161. The van der Waals surface area contributed by atoms with Gasteiger partial charge in [-0.1, -0.05) is 331 Å². The number of hydrogen-bond acceptors (Lipinski definition) is 15. The highest BCUT2D eigenvalue weighted by atomic mass is 31.2. The smallest absolute Gasteiger partial charge is 0.462 e. The van der Waals surface area contributed by atoms with E-state index in [1.165, 1.54) is 180 Å². The van der Waals surface area contributed by atoms with Gasteiger partial charge in [0.1, 0.15) is 19.3 Å². The molecule has 0 aromatic carbocycles. The summed E-state index contributed by atoms with van der Waals surface area (Å²) in [5.41, 5.74) is 0. The van der Waals surface area contributed by atoms with E-state index in [-0.39, 0.29) is 25.7 Å². The van der Waals surface area contributed by atoms with E-state index in [2.05, 4.69) is 55.4 Å². The second kappa shape index (κ2) is 65.4. The van der Waals surface area contributed by atoms with Gasteiger partial charge in [0, 0.05) is 25.7 Å². The first-order valence-corrected chi connectivity index (χ1v) is 42.2. The van der Waals surface area contributed by atoms with Gasteiger partial charge in [-0.25, -0.2) is 9.13 Å². The van der Waals surface area contributed by atoms with E-state index in [0.29, 0.717) is 31.6 Å². The first-order valence-electron chi connectivity index (χ1n) is 39.2. The van der Waals surface area contributed by atoms with Gasteiger partial charge in [-0.2, -0.15) is 0 Å². The lowest BCUT2D eigenvalue weighted by Gasteiger charge is -2.21. The fraction of sp³-hybridized carbons (Fsp3) is 0.947. The summed E-state index contributed by atoms with van der Waals surface area (Å²) in [6.45, 7) is 14.2. The van der Waals surface area contributed by atoms with Crippen molar-refractivity contribution in [3.8, 4) is 0 Å². The molecule has 17 nitrogen and oxygen atoms in total. The molecular formula is C76H148O17P2. The van der Waals surface area contributed by atoms with Crippen LogP contribution < -0.4 is 0 Å². The highest BCUT2D eigenvalue weighted by Crippen LogP contribution is 2.45. The van der Waals surface area contributed by atoms with Crippen molar-refractivity contribution in [3.05, 3.63) is 0 Å². The maximum Gasteiger partial charge on any atom is 0.472 e. The number of rotatable bonds is 73. The standard InChI is InChI=1S/C76H148O17P2/c1-9-69(8)55-47-39-31-23-19-20-26-34-43-51-59-76(81)93-72(63-87-74(79)57-49-41-35-27-30-38-46-54-68(6)7)65-91-95(84,85)89-61-70(77)60-88-94(82,83)90-64-71(62-86-73(78)56-48-40-32-24-17-14-13-16-22-29-37-45-53-67(4)5)92-75(80)58-50-42-33-25-18-12-10-11-15-21-28-36-44-52-66(2)3/h66-72,77H,9-65H2,1-8H3,(H,82,83)(H,84,85)/t69?,70?,71-,72-/m1/s1. The van der Waals surface area contributed by atoms with E-state index >= 15 is 0 Å². The fourth-order valence-electron chi connectivity index (χ4n) is 11.5. The molecule has 0 spiro atoms. The Kier molecular flexibility index (Phi) is 64.0. The van der Waals surface area contributed by atoms with Crippen molar-refractivity contribution in [2.75, 3.05) is 39.6 Å². The van der Waals surface area contributed by atoms with Crippen LogP contribution in [0.3, 0.4) is 0 Å². The maximum absolute atomic E-state index is 13.1. The van der Waals surface area contributed by atoms with E-state index in [0.717, 1.165) is 114 Å². The van der Waals surface area contributed by atoms with Crippen molar-refractivity contribution in [1.82, 2.24) is 0 Å². The van der Waals surface area contributed by atoms with E-state index in [1.807, 2.05) is 0 Å². The molecule has 3 N–H and O–H groups in total. The van der Waals surface area contributed by atoms with Crippen LogP contribution in [0, 0.1) is 23.7 Å². The molecular weight excluding hydrogens is 1250 g/mol. The zero-order valence-corrected chi connectivity index (χ0v) is 64.1. The Balaban J connectivity index is 5.26. The molecule has 0 bridgehead atoms. The Morgan fingerprint density at radius 3 is 0.747 bits per heavy atom. The lowest BCUT2D eigenvalue weighted by Crippen LogP contribution is -2.30. The minimum absolute atomic E-state index is 0.105. The first kappa shape index (κ1) is 93.1. The predicted octanol–water partition coefficient (Wildman–Crippen LogP) is 22.0. The zero-order valence-electron chi connectivity index (χ0n) is 62.3. The van der Waals surface area contributed by atoms with Crippen LogP contribution in [0.5, 0.6) is 0 Å². The first-order chi connectivity index (χ1) is 45.6. The summed E-state index contributed by atoms with van der Waals surface area (Å²) in [6, 6.07) is 0. The van der Waals surface area contributed by atoms with Gasteiger partial charge in [0.25, 0.3) is 0 Å². The Morgan fingerprint density at radius 2 is 0.505 bits per heavy atom. The Morgan fingerprint density at radius 1 is 0.295 bits per heavy atom. The van der Waals surface area contributed by atoms with E-state index in [1.54, 1.807) is 0 Å². The highest BCUT2D eigenvalue weighted by molar-refractivity contribution is 7.47. The number of phosphoric ester groups is 2. The quantitative estimate of drug-likeness (QED) is 0.0222. The Labute approximate surface area is 581 Å². The third-order valence-corrected chi connectivity index (χ3v) is 19.8. The summed E-state index contributed by atoms with van der Waals surface area (Å²) in [6.07, 6.45) is 49.9. The SMILES string of the molecule is CCC(C)CCCCCCCCCCCCC(=O)O[C@H](COC(=O)CCCCCCCCCC(C)C)COP(=O)(O)OCC(O)COP(=O)(O)OC[C@@H](COC(=O)CCCCCCCCCCCCCCC(C)C)OC(=O)CCCCCCCCCCCCCCCC(C)C. The summed E-state index contributed by atoms with van der Waals surface area (Å²) in [4.78, 5) is 72.8. The normalized spacial score (nSPS) is 14.4. The largest absolute Gasteiger partial charge is 0.472 e. The van der Waals surface area contributed by atoms with Crippen LogP contribution in [0.25, 0.3) is 0 Å². The number of unbranched alkanes of at least 4 members (excludes halogenated alkanes) is 38. The maximum atomic E-state index is 13.1. The molecule has 6 atom stereocenters. The molecule has 564 valence electrons. The molecule has 4 unspecified atom stereocenters. The molecule has 0 aromatic rings. The average Bonchev–Trinajstić information content (AvgIpc) is 1.66. The molecule has 0 saturated carbocycles. The minimum atomic E-state index is -4.96. The number of carbonyl (C=O) groups excluding carboxylic acids is 4. The zero-order chi connectivity index (χ0) is 70.3. The monoisotopic (exact) mass is 1400 g/mol. The molecule has 0 aliphatic rings. The molecule has 19 heteroatoms. The molecule has 0 rings (SSSR count). The van der Waals surface area contributed by atoms with E-state index in [9.17, 15) is 43.2 Å². The molecule has 0 amide bonds. The molecule has 0 aliphatic heterocycles. The van der Waals surface area contributed by atoms with Crippen LogP contribution in [-0.2, 0) is 65.4 Å². The molecule has 0 saturated heterocycles. The van der Waals surface area contributed by atoms with Gasteiger partial charge in [0.05, 0.1) is 26.4 Å². The lowest BCUT2D eigenvalue weighted by atomic mass is 9.99. The van der Waals surface area contributed by atoms with Crippen LogP contribution in [0.4, 0.5) is 0 Å². The summed E-state index contributed by atoms with van der Waals surface area (Å²) in [5.74, 6) is 0.956. The van der Waals surface area contributed by atoms with Crippen molar-refractivity contribution in [2.24, 2.45) is 23.7 Å². The van der Waals surface area contributed by atoms with Crippen molar-refractivity contribution < 1.29 is 80.2 Å². The van der Waals surface area contributed by atoms with Crippen LogP contribution in [0.2, 0.25) is 0 Å². The topological polar surface area (TPSA) is 237 Å². The van der Waals surface area contributed by atoms with Gasteiger partial charge in [-0.05, 0) is 49.4 Å². The highest BCUT2D eigenvalue weighted by Gasteiger charge is 2.30. The van der Waals surface area contributed by atoms with Gasteiger partial charge in [-0.3, -0.25) is 37.3 Å². The average molecular weight is 1400 g/mol. The Bertz CT molecular complexity index is 1870. The van der Waals surface area contributed by atoms with E-state index < -0.39 is 97.5 Å². The minimum Gasteiger partial charge on any atom is -0.462 e. The van der Waals surface area contributed by atoms with Crippen LogP contribution in [0.15, 0.2) is 0 Å². The molecule has 0 aromatic heterocycles. The van der Waals surface area contributed by atoms with Crippen LogP contribution in [-0.4, -0.2) is 96.7 Å². The molecule has 95 heavy (non-hydrogen) atoms. The number of aliphatic hydroxyl groups excluding tert-OH is 1. The van der Waals surface area contributed by atoms with Gasteiger partial charge in [0.15, 0.2) is 12.2 Å². The van der Waals surface area contributed by atoms with Gasteiger partial charge < -0.3 is 33.8 Å². The number of ether oxygens (including phenoxy) is 4. The summed E-state index contributed by atoms with van der Waals surface area (Å²) in [5, 5.41) is 10.6. The number of esters is 4. The summed E-state index contributed by atoms with van der Waals surface area (Å²) in [7, 11) is -9.91. The van der Waals surface area contributed by atoms with Crippen molar-refractivity contribution in [2.45, 2.75) is 401 Å². The number of carbonyl (C=O) groups is 4. The second-order valence-corrected chi connectivity index (χ2v) is 32.0. The van der Waals surface area contributed by atoms with Gasteiger partial charge >= 0.3 is 39.5 Å². The second-order valence-electron chi connectivity index (χ2n) is 29.1. The summed E-state index contributed by atoms with van der Waals surface area (Å²) < 4.78 is 68.5. The number of aliphatic hydroxyl groups is 1. The molecule has 0 fully saturated rings. The van der Waals surface area contributed by atoms with Crippen molar-refractivity contribution in [1.29, 1.82) is 0 Å². The Hall–Kier alpha value is -1.94. The molecule has 0 radical (unpaired) electrons. The van der Waals surface area contributed by atoms with Crippen molar-refractivity contribution >= 4 is 39.5 Å². The summed E-state index contributed by atoms with van der Waals surface area (Å²) >= 11 is 0. The third-order valence-electron chi connectivity index (χ3n) is 17.9. The number of phosphoric acid groups is 2. The number of hydrogen-bond donors (Lipinski definition) is 3. The molecule has 0 heterocycles. The predicted molar refractivity (Wildman–Crippen MR) is 386 cm³/mol. The molecule has 0 aliphatic carbocycles. The van der Waals surface area contributed by atoms with Crippen LogP contribution >= 0.6 is 15.6 Å². The van der Waals surface area contributed by atoms with Gasteiger partial charge in [-0.15, -0.1) is 0 Å². The van der Waals surface area contributed by atoms with Crippen LogP contribution in [0.1, 0.15) is 383 Å². The van der Waals surface area contributed by atoms with Crippen molar-refractivity contribution in [3.63, 3.8) is 0 Å². The van der Waals surface area contributed by atoms with Gasteiger partial charge in [0.2, 0.25) is 0 Å². The van der Waals surface area contributed by atoms with E-state index in [4.69, 9.17) is 37.0 Å². The fourth-order valence-corrected chi connectivity index (χ4v) is 13.1. The third kappa shape index (κ3) is 69.0.